The monoisotopic (exact) mass is 528 g/mol. The highest BCUT2D eigenvalue weighted by Crippen LogP contribution is 2.41. The molecule has 6 N–H and O–H groups in total. The fraction of sp³-hybridized carbons (Fsp3) is 0.312. The first-order valence-electron chi connectivity index (χ1n) is 9.11. The van der Waals surface area contributed by atoms with Crippen molar-refractivity contribution < 1.29 is 24.7 Å². The van der Waals surface area contributed by atoms with E-state index in [0.717, 1.165) is 16.4 Å². The van der Waals surface area contributed by atoms with Crippen molar-refractivity contribution in [3.05, 3.63) is 28.5 Å². The van der Waals surface area contributed by atoms with Gasteiger partial charge in [0.1, 0.15) is 27.8 Å². The van der Waals surface area contributed by atoms with E-state index in [-0.39, 0.29) is 22.2 Å². The van der Waals surface area contributed by atoms with E-state index in [1.54, 1.807) is 6.20 Å². The molecule has 0 unspecified atom stereocenters. The lowest BCUT2D eigenvalue weighted by molar-refractivity contribution is -0.150. The van der Waals surface area contributed by atoms with E-state index in [4.69, 9.17) is 5.73 Å². The van der Waals surface area contributed by atoms with Gasteiger partial charge in [-0.05, 0) is 5.57 Å². The zero-order valence-corrected chi connectivity index (χ0v) is 19.8. The number of H-pyrrole nitrogens is 1. The van der Waals surface area contributed by atoms with Crippen molar-refractivity contribution in [2.45, 2.75) is 16.4 Å². The number of carboxylic acid groups (broad SMARTS) is 1. The van der Waals surface area contributed by atoms with Crippen molar-refractivity contribution in [2.24, 2.45) is 5.16 Å². The molecule has 0 radical (unpaired) electrons. The van der Waals surface area contributed by atoms with Gasteiger partial charge < -0.3 is 21.4 Å². The fourth-order valence-corrected chi connectivity index (χ4v) is 7.03. The maximum atomic E-state index is 12.8. The number of rotatable bonds is 9. The summed E-state index contributed by atoms with van der Waals surface area (Å²) in [5, 5.41) is 37.1. The Balaban J connectivity index is 1.40. The van der Waals surface area contributed by atoms with E-state index in [1.165, 1.54) is 45.6 Å². The molecule has 2 aromatic rings. The predicted molar refractivity (Wildman–Crippen MR) is 124 cm³/mol. The highest BCUT2D eigenvalue weighted by molar-refractivity contribution is 8.16. The molecule has 0 saturated carbocycles. The average molecular weight is 529 g/mol. The number of nitrogens with two attached hydrogens (primary N) is 1. The molecule has 4 rings (SSSR count). The summed E-state index contributed by atoms with van der Waals surface area (Å²) in [7, 11) is 0. The Morgan fingerprint density at radius 2 is 2.27 bits per heavy atom. The molecule has 0 aliphatic carbocycles. The number of aromatic nitrogens is 4. The van der Waals surface area contributed by atoms with Gasteiger partial charge in [0.05, 0.1) is 6.20 Å². The van der Waals surface area contributed by atoms with Gasteiger partial charge in [-0.3, -0.25) is 14.5 Å². The molecule has 0 bridgehead atoms. The van der Waals surface area contributed by atoms with Crippen LogP contribution in [0.1, 0.15) is 5.69 Å². The van der Waals surface area contributed by atoms with Crippen LogP contribution in [-0.2, 0) is 14.4 Å². The van der Waals surface area contributed by atoms with Crippen LogP contribution in [-0.4, -0.2) is 87.1 Å². The van der Waals surface area contributed by atoms with Gasteiger partial charge in [0.25, 0.3) is 11.8 Å². The van der Waals surface area contributed by atoms with Crippen molar-refractivity contribution in [1.82, 2.24) is 30.6 Å². The first-order chi connectivity index (χ1) is 15.9. The molecule has 33 heavy (non-hydrogen) atoms. The van der Waals surface area contributed by atoms with Gasteiger partial charge in [-0.15, -0.1) is 40.0 Å². The van der Waals surface area contributed by atoms with Gasteiger partial charge in [0, 0.05) is 22.0 Å². The maximum absolute atomic E-state index is 12.8. The van der Waals surface area contributed by atoms with Crippen LogP contribution in [0.25, 0.3) is 0 Å². The quantitative estimate of drug-likeness (QED) is 0.0566. The van der Waals surface area contributed by atoms with Crippen LogP contribution < -0.4 is 11.1 Å². The van der Waals surface area contributed by atoms with E-state index >= 15 is 0 Å². The van der Waals surface area contributed by atoms with Crippen molar-refractivity contribution in [3.63, 3.8) is 0 Å². The van der Waals surface area contributed by atoms with Crippen LogP contribution in [0.3, 0.4) is 0 Å². The molecule has 2 atom stereocenters. The summed E-state index contributed by atoms with van der Waals surface area (Å²) in [6, 6.07) is -0.957. The van der Waals surface area contributed by atoms with E-state index in [0.29, 0.717) is 22.2 Å². The van der Waals surface area contributed by atoms with Crippen LogP contribution >= 0.6 is 46.6 Å². The topological polar surface area (TPSA) is 200 Å². The second kappa shape index (κ2) is 10.0. The molecule has 4 heterocycles. The number of nitrogens with one attached hydrogen (secondary N) is 2. The number of aromatic amines is 1. The minimum Gasteiger partial charge on any atom is -0.477 e. The molecule has 2 aliphatic heterocycles. The van der Waals surface area contributed by atoms with E-state index in [9.17, 15) is 24.7 Å². The molecule has 2 aliphatic rings. The van der Waals surface area contributed by atoms with Crippen molar-refractivity contribution >= 4 is 75.2 Å². The second-order valence-corrected chi connectivity index (χ2v) is 10.9. The smallest absolute Gasteiger partial charge is 0.352 e. The first-order valence-corrected chi connectivity index (χ1v) is 13.2. The largest absolute Gasteiger partial charge is 0.477 e. The molecule has 17 heteroatoms. The van der Waals surface area contributed by atoms with Gasteiger partial charge in [-0.25, -0.2) is 9.78 Å². The summed E-state index contributed by atoms with van der Waals surface area (Å²) in [4.78, 5) is 42.3. The van der Waals surface area contributed by atoms with Gasteiger partial charge in [-0.2, -0.15) is 10.3 Å². The highest BCUT2D eigenvalue weighted by atomic mass is 32.2. The Bertz CT molecular complexity index is 1130. The molecule has 1 saturated heterocycles. The fourth-order valence-electron chi connectivity index (χ4n) is 3.14. The molecule has 174 valence electrons. The summed E-state index contributed by atoms with van der Waals surface area (Å²) in [5.41, 5.74) is 5.81. The van der Waals surface area contributed by atoms with Crippen LogP contribution in [0, 0.1) is 0 Å². The molecule has 2 aromatic heterocycles. The Morgan fingerprint density at radius 1 is 1.45 bits per heavy atom. The summed E-state index contributed by atoms with van der Waals surface area (Å²) in [6.07, 6.45) is 1.59. The molecular formula is C16H16N8O5S4. The number of β-lactam (4-membered cyclic amide) rings is 1. The van der Waals surface area contributed by atoms with Crippen LogP contribution in [0.4, 0.5) is 5.13 Å². The Labute approximate surface area is 202 Å². The number of aliphatic carboxylic acids is 1. The summed E-state index contributed by atoms with van der Waals surface area (Å²) >= 11 is 5.39. The van der Waals surface area contributed by atoms with Crippen molar-refractivity contribution in [2.75, 3.05) is 22.3 Å². The van der Waals surface area contributed by atoms with Crippen LogP contribution in [0.5, 0.6) is 0 Å². The van der Waals surface area contributed by atoms with Crippen LogP contribution in [0.2, 0.25) is 0 Å². The summed E-state index contributed by atoms with van der Waals surface area (Å²) < 4.78 is 0. The standard InChI is InChI=1S/C16H16N8O5S4/c17-16-19-7(4-32-16)9(22-29)12(25)20-10-13(26)24-11(15(27)28)6(3-31-14(10)24)2-30-5-33-8-1-18-23-21-8/h1,4,10,14,29H,2-3,5H2,(H2,17,19)(H,20,25)(H,27,28)(H,18,21,23)/b22-9-/t10-,14-/m1/s1. The zero-order chi connectivity index (χ0) is 23.5. The number of thiazole rings is 1. The molecule has 1 fully saturated rings. The lowest BCUT2D eigenvalue weighted by Crippen LogP contribution is -2.71. The number of anilines is 1. The maximum Gasteiger partial charge on any atom is 0.352 e. The third-order valence-electron chi connectivity index (χ3n) is 4.58. The summed E-state index contributed by atoms with van der Waals surface area (Å²) in [6.45, 7) is 0. The predicted octanol–water partition coefficient (Wildman–Crippen LogP) is 0.243. The number of hydrogen-bond acceptors (Lipinski definition) is 13. The molecule has 2 amide bonds. The minimum atomic E-state index is -1.20. The first kappa shape index (κ1) is 23.4. The Kier molecular flexibility index (Phi) is 7.11. The Hall–Kier alpha value is -2.76. The van der Waals surface area contributed by atoms with Crippen molar-refractivity contribution in [3.8, 4) is 0 Å². The molecule has 0 spiro atoms. The van der Waals surface area contributed by atoms with Gasteiger partial charge in [-0.1, -0.05) is 16.9 Å². The van der Waals surface area contributed by atoms with E-state index < -0.39 is 29.2 Å². The zero-order valence-electron chi connectivity index (χ0n) is 16.5. The number of nitrogen functional groups attached to an aromatic ring is 1. The highest BCUT2D eigenvalue weighted by Gasteiger charge is 2.54. The number of fused-ring (bicyclic) bond motifs is 1. The molecule has 0 aromatic carbocycles. The van der Waals surface area contributed by atoms with Crippen LogP contribution in [0.15, 0.2) is 33.0 Å². The number of carboxylic acids is 1. The lowest BCUT2D eigenvalue weighted by atomic mass is 10.0. The van der Waals surface area contributed by atoms with Gasteiger partial charge in [0.2, 0.25) is 0 Å². The Morgan fingerprint density at radius 3 is 2.91 bits per heavy atom. The molecular weight excluding hydrogens is 512 g/mol. The minimum absolute atomic E-state index is 0.0588. The number of nitrogens with zero attached hydrogens (tertiary/aromatic N) is 5. The number of oxime groups is 1. The van der Waals surface area contributed by atoms with Crippen molar-refractivity contribution in [1.29, 1.82) is 0 Å². The van der Waals surface area contributed by atoms with E-state index in [1.807, 2.05) is 0 Å². The van der Waals surface area contributed by atoms with E-state index in [2.05, 4.69) is 30.9 Å². The lowest BCUT2D eigenvalue weighted by Gasteiger charge is -2.49. The SMILES string of the molecule is Nc1nc(/C(=N/O)C(=O)N[C@@H]2C(=O)N3C(C(=O)O)=C(CSCSc4cn[nH]n4)CS[C@H]23)cs1. The third kappa shape index (κ3) is 4.80. The number of thioether (sulfide) groups is 3. The summed E-state index contributed by atoms with van der Waals surface area (Å²) in [5.74, 6) is -1.73. The number of carbonyl (C=O) groups is 3. The normalized spacial score (nSPS) is 20.4. The number of hydrogen-bond donors (Lipinski definition) is 5. The number of carbonyl (C=O) groups excluding carboxylic acids is 2. The van der Waals surface area contributed by atoms with Gasteiger partial charge in [0.15, 0.2) is 10.8 Å². The third-order valence-corrected chi connectivity index (χ3v) is 8.77. The second-order valence-electron chi connectivity index (χ2n) is 6.56. The van der Waals surface area contributed by atoms with Gasteiger partial charge >= 0.3 is 5.97 Å². The molecule has 13 nitrogen and oxygen atoms in total. The average Bonchev–Trinajstić information content (AvgIpc) is 3.46. The number of amides is 2.